The van der Waals surface area contributed by atoms with Crippen LogP contribution in [0.5, 0.6) is 5.75 Å². The Balaban J connectivity index is 1.81. The number of methoxy groups -OCH3 is 1. The minimum absolute atomic E-state index is 0.0958. The first-order valence-corrected chi connectivity index (χ1v) is 13.2. The zero-order chi connectivity index (χ0) is 22.2. The molecule has 0 aromatic heterocycles. The highest BCUT2D eigenvalue weighted by Gasteiger charge is 2.45. The molecule has 0 saturated carbocycles. The van der Waals surface area contributed by atoms with Crippen molar-refractivity contribution in [3.63, 3.8) is 0 Å². The molecule has 1 aliphatic rings. The molecule has 1 N–H and O–H groups in total. The molecule has 0 amide bonds. The van der Waals surface area contributed by atoms with E-state index in [1.54, 1.807) is 31.4 Å². The van der Waals surface area contributed by atoms with Crippen LogP contribution in [0.4, 0.5) is 0 Å². The van der Waals surface area contributed by atoms with Crippen molar-refractivity contribution in [1.29, 1.82) is 0 Å². The Bertz CT molecular complexity index is 1080. The summed E-state index contributed by atoms with van der Waals surface area (Å²) < 4.78 is 56.2. The SMILES string of the molecule is COc1ccc(CN[C@H]2CS(=O)(=O)C[C@@H]2S(=O)(=O)c2ccc(C(C)(C)C)cc2)cc1. The fourth-order valence-electron chi connectivity index (χ4n) is 3.62. The molecule has 0 radical (unpaired) electrons. The monoisotopic (exact) mass is 451 g/mol. The average Bonchev–Trinajstić information content (AvgIpc) is 3.01. The summed E-state index contributed by atoms with van der Waals surface area (Å²) in [6, 6.07) is 13.5. The molecule has 1 aliphatic heterocycles. The van der Waals surface area contributed by atoms with Gasteiger partial charge in [-0.1, -0.05) is 45.0 Å². The lowest BCUT2D eigenvalue weighted by atomic mass is 9.87. The van der Waals surface area contributed by atoms with E-state index in [0.717, 1.165) is 16.9 Å². The van der Waals surface area contributed by atoms with Crippen LogP contribution in [0.2, 0.25) is 0 Å². The quantitative estimate of drug-likeness (QED) is 0.726. The van der Waals surface area contributed by atoms with Gasteiger partial charge in [-0.15, -0.1) is 0 Å². The van der Waals surface area contributed by atoms with Crippen molar-refractivity contribution in [1.82, 2.24) is 5.32 Å². The van der Waals surface area contributed by atoms with Gasteiger partial charge < -0.3 is 10.1 Å². The topological polar surface area (TPSA) is 89.5 Å². The molecule has 0 aliphatic carbocycles. The fraction of sp³-hybridized carbons (Fsp3) is 0.455. The normalized spacial score (nSPS) is 21.5. The summed E-state index contributed by atoms with van der Waals surface area (Å²) in [5.41, 5.74) is 1.85. The molecular weight excluding hydrogens is 422 g/mol. The zero-order valence-electron chi connectivity index (χ0n) is 17.8. The van der Waals surface area contributed by atoms with Gasteiger partial charge in [0.25, 0.3) is 0 Å². The largest absolute Gasteiger partial charge is 0.497 e. The van der Waals surface area contributed by atoms with Crippen molar-refractivity contribution >= 4 is 19.7 Å². The maximum Gasteiger partial charge on any atom is 0.183 e. The van der Waals surface area contributed by atoms with E-state index in [2.05, 4.69) is 26.1 Å². The van der Waals surface area contributed by atoms with Gasteiger partial charge >= 0.3 is 0 Å². The van der Waals surface area contributed by atoms with Crippen molar-refractivity contribution in [2.24, 2.45) is 0 Å². The Morgan fingerprint density at radius 1 is 1.00 bits per heavy atom. The van der Waals surface area contributed by atoms with Crippen molar-refractivity contribution in [2.75, 3.05) is 18.6 Å². The zero-order valence-corrected chi connectivity index (χ0v) is 19.4. The lowest BCUT2D eigenvalue weighted by Gasteiger charge is -2.22. The van der Waals surface area contributed by atoms with E-state index in [9.17, 15) is 16.8 Å². The summed E-state index contributed by atoms with van der Waals surface area (Å²) in [6.45, 7) is 6.54. The lowest BCUT2D eigenvalue weighted by Crippen LogP contribution is -2.43. The van der Waals surface area contributed by atoms with Crippen LogP contribution < -0.4 is 10.1 Å². The molecule has 3 rings (SSSR count). The second-order valence-corrected chi connectivity index (χ2v) is 13.1. The Kier molecular flexibility index (Phi) is 6.32. The Morgan fingerprint density at radius 2 is 1.60 bits per heavy atom. The Morgan fingerprint density at radius 3 is 2.13 bits per heavy atom. The van der Waals surface area contributed by atoms with Crippen LogP contribution in [-0.2, 0) is 31.6 Å². The highest BCUT2D eigenvalue weighted by Crippen LogP contribution is 2.29. The lowest BCUT2D eigenvalue weighted by molar-refractivity contribution is 0.414. The van der Waals surface area contributed by atoms with E-state index < -0.39 is 31.0 Å². The second kappa shape index (κ2) is 8.32. The first-order valence-electron chi connectivity index (χ1n) is 9.83. The number of ether oxygens (including phenoxy) is 1. The molecule has 1 fully saturated rings. The van der Waals surface area contributed by atoms with E-state index in [0.29, 0.717) is 6.54 Å². The van der Waals surface area contributed by atoms with Crippen LogP contribution in [-0.4, -0.2) is 46.7 Å². The van der Waals surface area contributed by atoms with Crippen molar-refractivity contribution in [2.45, 2.75) is 48.9 Å². The first kappa shape index (κ1) is 22.8. The summed E-state index contributed by atoms with van der Waals surface area (Å²) in [4.78, 5) is 0.161. The molecule has 30 heavy (non-hydrogen) atoms. The molecule has 2 atom stereocenters. The van der Waals surface area contributed by atoms with Gasteiger partial charge in [0.05, 0.1) is 28.8 Å². The van der Waals surface area contributed by atoms with Crippen molar-refractivity contribution < 1.29 is 21.6 Å². The first-order chi connectivity index (χ1) is 13.9. The smallest absolute Gasteiger partial charge is 0.183 e. The predicted octanol–water partition coefficient (Wildman–Crippen LogP) is 2.72. The second-order valence-electron chi connectivity index (χ2n) is 8.77. The number of nitrogens with one attached hydrogen (secondary N) is 1. The van der Waals surface area contributed by atoms with E-state index in [1.165, 1.54) is 0 Å². The predicted molar refractivity (Wildman–Crippen MR) is 118 cm³/mol. The molecule has 164 valence electrons. The van der Waals surface area contributed by atoms with Gasteiger partial charge in [-0.05, 0) is 40.8 Å². The van der Waals surface area contributed by atoms with Crippen LogP contribution in [0.25, 0.3) is 0 Å². The van der Waals surface area contributed by atoms with Crippen LogP contribution in [0.15, 0.2) is 53.4 Å². The van der Waals surface area contributed by atoms with Gasteiger partial charge in [0, 0.05) is 12.6 Å². The maximum absolute atomic E-state index is 13.3. The third-order valence-corrected chi connectivity index (χ3v) is 9.64. The molecule has 0 bridgehead atoms. The minimum Gasteiger partial charge on any atom is -0.497 e. The molecule has 1 heterocycles. The molecular formula is C22H29NO5S2. The highest BCUT2D eigenvalue weighted by molar-refractivity contribution is 7.96. The summed E-state index contributed by atoms with van der Waals surface area (Å²) in [7, 11) is -5.66. The van der Waals surface area contributed by atoms with Gasteiger partial charge in [-0.3, -0.25) is 0 Å². The van der Waals surface area contributed by atoms with Crippen molar-refractivity contribution in [3.8, 4) is 5.75 Å². The third-order valence-electron chi connectivity index (χ3n) is 5.48. The van der Waals surface area contributed by atoms with E-state index in [4.69, 9.17) is 4.74 Å². The summed E-state index contributed by atoms with van der Waals surface area (Å²) >= 11 is 0. The molecule has 2 aromatic carbocycles. The molecule has 0 unspecified atom stereocenters. The summed E-state index contributed by atoms with van der Waals surface area (Å²) in [5, 5.41) is 2.14. The third kappa shape index (κ3) is 5.04. The molecule has 8 heteroatoms. The number of benzene rings is 2. The van der Waals surface area contributed by atoms with Gasteiger partial charge in [0.15, 0.2) is 19.7 Å². The minimum atomic E-state index is -3.80. The van der Waals surface area contributed by atoms with Crippen LogP contribution >= 0.6 is 0 Å². The number of hydrogen-bond acceptors (Lipinski definition) is 6. The standard InChI is InChI=1S/C22H29NO5S2/c1-22(2,3)17-7-11-19(12-8-17)30(26,27)21-15-29(24,25)14-20(21)23-13-16-5-9-18(28-4)10-6-16/h5-12,20-21,23H,13-15H2,1-4H3/t20-,21-/m0/s1. The Hall–Kier alpha value is -1.90. The van der Waals surface area contributed by atoms with E-state index in [1.807, 2.05) is 24.3 Å². The van der Waals surface area contributed by atoms with Gasteiger partial charge in [-0.2, -0.15) is 0 Å². The van der Waals surface area contributed by atoms with Crippen LogP contribution in [0.3, 0.4) is 0 Å². The maximum atomic E-state index is 13.3. The molecule has 1 saturated heterocycles. The van der Waals surface area contributed by atoms with E-state index >= 15 is 0 Å². The fourth-order valence-corrected chi connectivity index (χ4v) is 8.34. The van der Waals surface area contributed by atoms with Crippen molar-refractivity contribution in [3.05, 3.63) is 59.7 Å². The molecule has 2 aromatic rings. The average molecular weight is 452 g/mol. The Labute approximate surface area is 179 Å². The van der Waals surface area contributed by atoms with Crippen LogP contribution in [0, 0.1) is 0 Å². The highest BCUT2D eigenvalue weighted by atomic mass is 32.2. The van der Waals surface area contributed by atoms with Gasteiger partial charge in [0.2, 0.25) is 0 Å². The number of hydrogen-bond donors (Lipinski definition) is 1. The number of sulfone groups is 2. The summed E-state index contributed by atoms with van der Waals surface area (Å²) in [6.07, 6.45) is 0. The van der Waals surface area contributed by atoms with E-state index in [-0.39, 0.29) is 21.8 Å². The molecule has 6 nitrogen and oxygen atoms in total. The summed E-state index contributed by atoms with van der Waals surface area (Å²) in [5.74, 6) is 0.172. The van der Waals surface area contributed by atoms with Crippen LogP contribution in [0.1, 0.15) is 31.9 Å². The number of rotatable bonds is 6. The molecule has 0 spiro atoms. The van der Waals surface area contributed by atoms with Gasteiger partial charge in [-0.25, -0.2) is 16.8 Å². The van der Waals surface area contributed by atoms with Gasteiger partial charge in [0.1, 0.15) is 5.75 Å².